The number of nitrogens with zero attached hydrogens (tertiary/aromatic N) is 1. The van der Waals surface area contributed by atoms with Gasteiger partial charge in [-0.1, -0.05) is 11.6 Å². The zero-order chi connectivity index (χ0) is 13.8. The zero-order valence-corrected chi connectivity index (χ0v) is 9.68. The van der Waals surface area contributed by atoms with Crippen molar-refractivity contribution in [2.24, 2.45) is 0 Å². The molecule has 0 unspecified atom stereocenters. The fourth-order valence-corrected chi connectivity index (χ4v) is 2.35. The van der Waals surface area contributed by atoms with Gasteiger partial charge in [0, 0.05) is 26.2 Å². The van der Waals surface area contributed by atoms with Gasteiger partial charge in [0.1, 0.15) is 10.7 Å². The lowest BCUT2D eigenvalue weighted by Gasteiger charge is -2.34. The molecule has 1 N–H and O–H groups in total. The summed E-state index contributed by atoms with van der Waals surface area (Å²) in [5.74, 6) is -15.5. The number of hydrogen-bond acceptors (Lipinski definition) is 2. The molecule has 18 heavy (non-hydrogen) atoms. The molecule has 0 amide bonds. The lowest BCUT2D eigenvalue weighted by atomic mass is 10.1. The first-order chi connectivity index (χ1) is 8.14. The van der Waals surface area contributed by atoms with E-state index in [0.29, 0.717) is 0 Å². The largest absolute Gasteiger partial charge is 0.383 e. The smallest absolute Gasteiger partial charge is 0.366 e. The maximum atomic E-state index is 13.5. The van der Waals surface area contributed by atoms with Crippen LogP contribution in [0.5, 0.6) is 0 Å². The Morgan fingerprint density at radius 3 is 1.83 bits per heavy atom. The third-order valence-electron chi connectivity index (χ3n) is 3.00. The first-order valence-electron chi connectivity index (χ1n) is 5.14. The first-order valence-corrected chi connectivity index (χ1v) is 5.51. The molecule has 1 aliphatic heterocycles. The van der Waals surface area contributed by atoms with E-state index in [2.05, 4.69) is 5.32 Å². The monoisotopic (exact) mass is 294 g/mol. The van der Waals surface area contributed by atoms with Crippen molar-refractivity contribution in [3.05, 3.63) is 10.7 Å². The van der Waals surface area contributed by atoms with Crippen LogP contribution >= 0.6 is 11.6 Å². The van der Waals surface area contributed by atoms with E-state index in [1.165, 1.54) is 0 Å². The van der Waals surface area contributed by atoms with Crippen LogP contribution in [0.4, 0.5) is 26.3 Å². The average molecular weight is 295 g/mol. The lowest BCUT2D eigenvalue weighted by molar-refractivity contribution is -0.267. The summed E-state index contributed by atoms with van der Waals surface area (Å²) in [4.78, 5) is 0.785. The van der Waals surface area contributed by atoms with E-state index < -0.39 is 28.5 Å². The van der Waals surface area contributed by atoms with Gasteiger partial charge in [-0.25, -0.2) is 0 Å². The summed E-state index contributed by atoms with van der Waals surface area (Å²) in [6.07, 6.45) is 0. The second-order valence-electron chi connectivity index (χ2n) is 4.12. The van der Waals surface area contributed by atoms with E-state index in [-0.39, 0.29) is 26.2 Å². The maximum Gasteiger partial charge on any atom is 0.383 e. The molecule has 104 valence electrons. The molecule has 0 saturated carbocycles. The van der Waals surface area contributed by atoms with Crippen molar-refractivity contribution in [2.75, 3.05) is 26.2 Å². The predicted molar refractivity (Wildman–Crippen MR) is 52.2 cm³/mol. The van der Waals surface area contributed by atoms with E-state index in [1.807, 2.05) is 0 Å². The summed E-state index contributed by atoms with van der Waals surface area (Å²) >= 11 is 5.08. The minimum atomic E-state index is -5.50. The topological polar surface area (TPSA) is 15.3 Å². The van der Waals surface area contributed by atoms with Gasteiger partial charge >= 0.3 is 17.8 Å². The van der Waals surface area contributed by atoms with E-state index in [0.717, 1.165) is 4.90 Å². The van der Waals surface area contributed by atoms with Gasteiger partial charge < -0.3 is 10.2 Å². The van der Waals surface area contributed by atoms with Crippen LogP contribution in [0.1, 0.15) is 0 Å². The molecule has 0 bridgehead atoms. The molecule has 0 aromatic rings. The highest BCUT2D eigenvalue weighted by atomic mass is 35.5. The van der Waals surface area contributed by atoms with Crippen molar-refractivity contribution in [3.63, 3.8) is 0 Å². The van der Waals surface area contributed by atoms with Crippen molar-refractivity contribution in [1.82, 2.24) is 10.2 Å². The van der Waals surface area contributed by atoms with E-state index in [1.54, 1.807) is 0 Å². The third kappa shape index (κ3) is 1.54. The Bertz CT molecular complexity index is 389. The number of allylic oxidation sites excluding steroid dienone is 2. The van der Waals surface area contributed by atoms with Gasteiger partial charge in [-0.3, -0.25) is 0 Å². The molecule has 2 rings (SSSR count). The predicted octanol–water partition coefficient (Wildman–Crippen LogP) is 2.26. The van der Waals surface area contributed by atoms with Gasteiger partial charge in [0.25, 0.3) is 0 Å². The summed E-state index contributed by atoms with van der Waals surface area (Å²) in [5, 5.41) is 1.03. The SMILES string of the molecule is FC1(F)C(Cl)=C(N2CCNCC2)C(F)(F)C1(F)F. The summed E-state index contributed by atoms with van der Waals surface area (Å²) in [7, 11) is 0. The van der Waals surface area contributed by atoms with Crippen LogP contribution < -0.4 is 5.32 Å². The van der Waals surface area contributed by atoms with E-state index >= 15 is 0 Å². The first kappa shape index (κ1) is 13.8. The van der Waals surface area contributed by atoms with Crippen LogP contribution in [0.2, 0.25) is 0 Å². The Balaban J connectivity index is 2.47. The second kappa shape index (κ2) is 3.93. The number of hydrogen-bond donors (Lipinski definition) is 1. The van der Waals surface area contributed by atoms with Gasteiger partial charge in [-0.2, -0.15) is 26.3 Å². The highest BCUT2D eigenvalue weighted by Crippen LogP contribution is 2.60. The number of piperazine rings is 1. The molecule has 0 radical (unpaired) electrons. The number of alkyl halides is 6. The molecule has 0 spiro atoms. The summed E-state index contributed by atoms with van der Waals surface area (Å²) in [5.41, 5.74) is -1.46. The fourth-order valence-electron chi connectivity index (χ4n) is 2.00. The molecule has 1 aliphatic carbocycles. The molecule has 0 aromatic heterocycles. The minimum absolute atomic E-state index is 0.0761. The second-order valence-corrected chi connectivity index (χ2v) is 4.50. The average Bonchev–Trinajstić information content (AvgIpc) is 2.37. The molecule has 2 aliphatic rings. The Kier molecular flexibility index (Phi) is 3.01. The van der Waals surface area contributed by atoms with Crippen molar-refractivity contribution in [2.45, 2.75) is 17.8 Å². The maximum absolute atomic E-state index is 13.5. The Morgan fingerprint density at radius 1 is 0.944 bits per heavy atom. The van der Waals surface area contributed by atoms with Crippen LogP contribution in [0.25, 0.3) is 0 Å². The number of halogens is 7. The summed E-state index contributed by atoms with van der Waals surface area (Å²) in [6, 6.07) is 0. The molecule has 0 aromatic carbocycles. The highest BCUT2D eigenvalue weighted by molar-refractivity contribution is 6.31. The van der Waals surface area contributed by atoms with Crippen LogP contribution in [-0.2, 0) is 0 Å². The number of nitrogens with one attached hydrogen (secondary N) is 1. The Hall–Kier alpha value is -0.630. The number of rotatable bonds is 1. The Labute approximate surface area is 104 Å². The van der Waals surface area contributed by atoms with Crippen LogP contribution in [-0.4, -0.2) is 48.8 Å². The quantitative estimate of drug-likeness (QED) is 0.746. The van der Waals surface area contributed by atoms with Gasteiger partial charge in [-0.05, 0) is 0 Å². The van der Waals surface area contributed by atoms with Crippen molar-refractivity contribution < 1.29 is 26.3 Å². The van der Waals surface area contributed by atoms with Crippen LogP contribution in [0.3, 0.4) is 0 Å². The molecular formula is C9H9ClF6N2. The van der Waals surface area contributed by atoms with Gasteiger partial charge in [0.05, 0.1) is 0 Å². The molecule has 0 atom stereocenters. The zero-order valence-electron chi connectivity index (χ0n) is 8.92. The normalized spacial score (nSPS) is 29.8. The third-order valence-corrected chi connectivity index (χ3v) is 3.42. The highest BCUT2D eigenvalue weighted by Gasteiger charge is 2.81. The standard InChI is InChI=1S/C9H9ClF6N2/c10-5-6(18-3-1-17-2-4-18)8(13,14)9(15,16)7(5,11)12/h17H,1-4H2. The molecule has 2 nitrogen and oxygen atoms in total. The molecule has 1 heterocycles. The molecule has 1 saturated heterocycles. The minimum Gasteiger partial charge on any atom is -0.366 e. The molecule has 9 heteroatoms. The van der Waals surface area contributed by atoms with E-state index in [4.69, 9.17) is 11.6 Å². The Morgan fingerprint density at radius 2 is 1.44 bits per heavy atom. The van der Waals surface area contributed by atoms with Crippen LogP contribution in [0, 0.1) is 0 Å². The van der Waals surface area contributed by atoms with Gasteiger partial charge in [0.2, 0.25) is 0 Å². The van der Waals surface area contributed by atoms with Gasteiger partial charge in [-0.15, -0.1) is 0 Å². The fraction of sp³-hybridized carbons (Fsp3) is 0.778. The molecule has 1 fully saturated rings. The van der Waals surface area contributed by atoms with Crippen molar-refractivity contribution >= 4 is 11.6 Å². The lowest BCUT2D eigenvalue weighted by Crippen LogP contribution is -2.52. The van der Waals surface area contributed by atoms with Gasteiger partial charge in [0.15, 0.2) is 0 Å². The van der Waals surface area contributed by atoms with Crippen LogP contribution in [0.15, 0.2) is 10.7 Å². The molecular weight excluding hydrogens is 286 g/mol. The van der Waals surface area contributed by atoms with E-state index in [9.17, 15) is 26.3 Å². The van der Waals surface area contributed by atoms with Crippen molar-refractivity contribution in [3.8, 4) is 0 Å². The van der Waals surface area contributed by atoms with Crippen molar-refractivity contribution in [1.29, 1.82) is 0 Å². The summed E-state index contributed by atoms with van der Waals surface area (Å²) in [6.45, 7) is 0.322. The summed E-state index contributed by atoms with van der Waals surface area (Å²) < 4.78 is 79.4.